The van der Waals surface area contributed by atoms with Crippen LogP contribution in [0, 0.1) is 0 Å². The van der Waals surface area contributed by atoms with Gasteiger partial charge in [-0.1, -0.05) is 43.6 Å². The molecule has 0 bridgehead atoms. The fourth-order valence-electron chi connectivity index (χ4n) is 1.80. The minimum absolute atomic E-state index is 0.285. The zero-order valence-corrected chi connectivity index (χ0v) is 7.58. The molecule has 0 amide bonds. The second-order valence-electron chi connectivity index (χ2n) is 3.56. The summed E-state index contributed by atoms with van der Waals surface area (Å²) in [5.74, 6) is 0. The monoisotopic (exact) mass is 167 g/mol. The van der Waals surface area contributed by atoms with Crippen molar-refractivity contribution in [3.63, 3.8) is 0 Å². The average molecular weight is 167 g/mol. The summed E-state index contributed by atoms with van der Waals surface area (Å²) in [6.45, 7) is 0. The van der Waals surface area contributed by atoms with Crippen molar-refractivity contribution in [2.75, 3.05) is 0 Å². The van der Waals surface area contributed by atoms with Gasteiger partial charge in [-0.3, -0.25) is 0 Å². The molecule has 1 aliphatic rings. The first-order chi connectivity index (χ1) is 5.93. The van der Waals surface area contributed by atoms with Crippen molar-refractivity contribution in [1.82, 2.24) is 0 Å². The Hall–Kier alpha value is -0.690. The fourth-order valence-corrected chi connectivity index (χ4v) is 1.80. The van der Waals surface area contributed by atoms with Crippen molar-refractivity contribution in [2.24, 2.45) is 5.11 Å². The van der Waals surface area contributed by atoms with Gasteiger partial charge in [0.2, 0.25) is 0 Å². The van der Waals surface area contributed by atoms with E-state index < -0.39 is 0 Å². The molecule has 3 heteroatoms. The van der Waals surface area contributed by atoms with Crippen LogP contribution in [-0.4, -0.2) is 6.04 Å². The van der Waals surface area contributed by atoms with Crippen molar-refractivity contribution in [1.29, 1.82) is 0 Å². The van der Waals surface area contributed by atoms with E-state index in [4.69, 9.17) is 5.53 Å². The molecule has 68 valence electrons. The third-order valence-corrected chi connectivity index (χ3v) is 2.54. The molecule has 0 spiro atoms. The highest BCUT2D eigenvalue weighted by Gasteiger charge is 2.07. The summed E-state index contributed by atoms with van der Waals surface area (Å²) >= 11 is 0. The van der Waals surface area contributed by atoms with E-state index in [0.717, 1.165) is 12.8 Å². The first-order valence-corrected chi connectivity index (χ1v) is 4.97. The maximum atomic E-state index is 8.31. The lowest BCUT2D eigenvalue weighted by atomic mass is 10.1. The van der Waals surface area contributed by atoms with Crippen LogP contribution in [0.2, 0.25) is 0 Å². The van der Waals surface area contributed by atoms with Gasteiger partial charge in [0.15, 0.2) is 0 Å². The first-order valence-electron chi connectivity index (χ1n) is 4.97. The molecule has 0 atom stereocenters. The molecule has 12 heavy (non-hydrogen) atoms. The molecule has 0 aromatic heterocycles. The molecular weight excluding hydrogens is 150 g/mol. The zero-order chi connectivity index (χ0) is 8.65. The van der Waals surface area contributed by atoms with Crippen molar-refractivity contribution in [3.8, 4) is 0 Å². The molecule has 1 aliphatic carbocycles. The van der Waals surface area contributed by atoms with Crippen LogP contribution < -0.4 is 0 Å². The summed E-state index contributed by atoms with van der Waals surface area (Å²) in [7, 11) is 0. The predicted octanol–water partition coefficient (Wildman–Crippen LogP) is 3.80. The van der Waals surface area contributed by atoms with E-state index in [2.05, 4.69) is 10.0 Å². The van der Waals surface area contributed by atoms with Gasteiger partial charge < -0.3 is 0 Å². The SMILES string of the molecule is [N-]=[N+]=NC1CCCCCCCC1. The van der Waals surface area contributed by atoms with Gasteiger partial charge in [-0.2, -0.15) is 0 Å². The molecule has 1 fully saturated rings. The van der Waals surface area contributed by atoms with Crippen LogP contribution in [0.1, 0.15) is 51.4 Å². The lowest BCUT2D eigenvalue weighted by Crippen LogP contribution is -2.01. The van der Waals surface area contributed by atoms with Crippen LogP contribution in [-0.2, 0) is 0 Å². The second kappa shape index (κ2) is 5.90. The standard InChI is InChI=1S/C9H17N3/c10-12-11-9-7-5-3-1-2-4-6-8-9/h9H,1-8H2. The molecule has 1 rings (SSSR count). The Bertz CT molecular complexity index is 151. The Labute approximate surface area is 73.8 Å². The molecule has 0 heterocycles. The molecule has 0 radical (unpaired) electrons. The first kappa shape index (κ1) is 9.40. The largest absolute Gasteiger partial charge is 0.0906 e. The van der Waals surface area contributed by atoms with E-state index in [1.165, 1.54) is 38.5 Å². The summed E-state index contributed by atoms with van der Waals surface area (Å²) in [5, 5.41) is 3.81. The summed E-state index contributed by atoms with van der Waals surface area (Å²) < 4.78 is 0. The minimum atomic E-state index is 0.285. The van der Waals surface area contributed by atoms with Gasteiger partial charge in [0.25, 0.3) is 0 Å². The third-order valence-electron chi connectivity index (χ3n) is 2.54. The van der Waals surface area contributed by atoms with E-state index in [0.29, 0.717) is 0 Å². The highest BCUT2D eigenvalue weighted by atomic mass is 15.1. The van der Waals surface area contributed by atoms with Crippen LogP contribution in [0.15, 0.2) is 5.11 Å². The molecule has 1 saturated carbocycles. The highest BCUT2D eigenvalue weighted by molar-refractivity contribution is 4.68. The van der Waals surface area contributed by atoms with E-state index in [-0.39, 0.29) is 6.04 Å². The summed E-state index contributed by atoms with van der Waals surface area (Å²) in [6, 6.07) is 0.285. The topological polar surface area (TPSA) is 48.8 Å². The van der Waals surface area contributed by atoms with Gasteiger partial charge in [-0.25, -0.2) is 0 Å². The summed E-state index contributed by atoms with van der Waals surface area (Å²) in [6.07, 6.45) is 10.0. The Morgan fingerprint density at radius 2 is 1.42 bits per heavy atom. The van der Waals surface area contributed by atoms with Crippen molar-refractivity contribution >= 4 is 0 Å². The predicted molar refractivity (Wildman–Crippen MR) is 49.9 cm³/mol. The van der Waals surface area contributed by atoms with Gasteiger partial charge in [0.05, 0.1) is 0 Å². The Kier molecular flexibility index (Phi) is 4.62. The van der Waals surface area contributed by atoms with Crippen LogP contribution in [0.25, 0.3) is 10.4 Å². The van der Waals surface area contributed by atoms with E-state index >= 15 is 0 Å². The maximum Gasteiger partial charge on any atom is 0.0374 e. The average Bonchev–Trinajstić information content (AvgIpc) is 2.19. The zero-order valence-electron chi connectivity index (χ0n) is 7.58. The van der Waals surface area contributed by atoms with Crippen LogP contribution in [0.5, 0.6) is 0 Å². The molecule has 0 unspecified atom stereocenters. The summed E-state index contributed by atoms with van der Waals surface area (Å²) in [5.41, 5.74) is 8.31. The van der Waals surface area contributed by atoms with Crippen LogP contribution in [0.4, 0.5) is 0 Å². The van der Waals surface area contributed by atoms with Crippen LogP contribution >= 0.6 is 0 Å². The maximum absolute atomic E-state index is 8.31. The van der Waals surface area contributed by atoms with E-state index in [1.54, 1.807) is 0 Å². The van der Waals surface area contributed by atoms with Crippen LogP contribution in [0.3, 0.4) is 0 Å². The smallest absolute Gasteiger partial charge is 0.0374 e. The molecule has 0 aromatic rings. The Morgan fingerprint density at radius 3 is 1.92 bits per heavy atom. The molecule has 0 aliphatic heterocycles. The van der Waals surface area contributed by atoms with Gasteiger partial charge in [0.1, 0.15) is 0 Å². The van der Waals surface area contributed by atoms with Crippen molar-refractivity contribution < 1.29 is 0 Å². The van der Waals surface area contributed by atoms with Crippen molar-refractivity contribution in [3.05, 3.63) is 10.4 Å². The lowest BCUT2D eigenvalue weighted by molar-refractivity contribution is 0.532. The summed E-state index contributed by atoms with van der Waals surface area (Å²) in [4.78, 5) is 2.89. The number of hydrogen-bond donors (Lipinski definition) is 0. The highest BCUT2D eigenvalue weighted by Crippen LogP contribution is 2.18. The number of nitrogens with zero attached hydrogens (tertiary/aromatic N) is 3. The van der Waals surface area contributed by atoms with Gasteiger partial charge >= 0.3 is 0 Å². The van der Waals surface area contributed by atoms with E-state index in [9.17, 15) is 0 Å². The molecule has 0 aromatic carbocycles. The second-order valence-corrected chi connectivity index (χ2v) is 3.56. The minimum Gasteiger partial charge on any atom is -0.0906 e. The quantitative estimate of drug-likeness (QED) is 0.324. The fraction of sp³-hybridized carbons (Fsp3) is 1.00. The number of rotatable bonds is 1. The van der Waals surface area contributed by atoms with Crippen molar-refractivity contribution in [2.45, 2.75) is 57.4 Å². The third kappa shape index (κ3) is 3.63. The lowest BCUT2D eigenvalue weighted by Gasteiger charge is -2.07. The van der Waals surface area contributed by atoms with Gasteiger partial charge in [0, 0.05) is 11.0 Å². The number of azide groups is 1. The molecular formula is C9H17N3. The Balaban J connectivity index is 2.33. The molecule has 0 saturated heterocycles. The normalized spacial score (nSPS) is 21.7. The molecule has 0 N–H and O–H groups in total. The number of hydrogen-bond acceptors (Lipinski definition) is 1. The van der Waals surface area contributed by atoms with Gasteiger partial charge in [-0.05, 0) is 18.4 Å². The van der Waals surface area contributed by atoms with Gasteiger partial charge in [-0.15, -0.1) is 0 Å². The molecule has 3 nitrogen and oxygen atoms in total. The van der Waals surface area contributed by atoms with E-state index in [1.807, 2.05) is 0 Å². The Morgan fingerprint density at radius 1 is 0.917 bits per heavy atom.